The maximum absolute atomic E-state index is 8.83. The Labute approximate surface area is 450 Å². The molecule has 0 spiro atoms. The molecule has 0 saturated heterocycles. The monoisotopic (exact) mass is 1150 g/mol. The molecule has 5 nitrogen and oxygen atoms in total. The van der Waals surface area contributed by atoms with Crippen LogP contribution in [0.2, 0.25) is 0 Å². The summed E-state index contributed by atoms with van der Waals surface area (Å²) in [7, 11) is 0. The Balaban J connectivity index is 0.996. The van der Waals surface area contributed by atoms with Crippen LogP contribution in [0.5, 0.6) is 11.5 Å². The minimum Gasteiger partial charge on any atom is -0.0622 e. The molecule has 74 heavy (non-hydrogen) atoms. The fourth-order valence-corrected chi connectivity index (χ4v) is 12.2. The fraction of sp³-hybridized carbons (Fsp3) is 0.206. The number of pyridine rings is 1. The number of hydrogen-bond acceptors (Lipinski definition) is 2. The number of para-hydroxylation sites is 2. The molecule has 0 radical (unpaired) electrons. The number of aromatic nitrogens is 4. The molecular formula is C68H62N4OPt. The number of nitrogens with zero attached hydrogens (tertiary/aromatic N) is 4. The molecule has 8 aromatic carbocycles. The van der Waals surface area contributed by atoms with E-state index in [1.54, 1.807) is 12.3 Å². The Morgan fingerprint density at radius 2 is 1.16 bits per heavy atom. The van der Waals surface area contributed by atoms with Gasteiger partial charge in [0.15, 0.2) is 0 Å². The van der Waals surface area contributed by atoms with Gasteiger partial charge in [0.25, 0.3) is 0 Å². The quantitative estimate of drug-likeness (QED) is 0.152. The Bertz CT molecular complexity index is 4080. The Kier molecular flexibility index (Phi) is 11.1. The zero-order chi connectivity index (χ0) is 53.5. The number of fused-ring (bicyclic) bond motifs is 5. The van der Waals surface area contributed by atoms with Gasteiger partial charge in [0.2, 0.25) is 0 Å². The number of rotatable bonds is 8. The van der Waals surface area contributed by atoms with Crippen LogP contribution in [0.3, 0.4) is 0 Å². The summed E-state index contributed by atoms with van der Waals surface area (Å²) in [5, 5.41) is 2.17. The van der Waals surface area contributed by atoms with Crippen LogP contribution in [0.15, 0.2) is 188 Å². The average molecular weight is 1150 g/mol. The summed E-state index contributed by atoms with van der Waals surface area (Å²) in [5.41, 5.74) is 17.5. The van der Waals surface area contributed by atoms with Crippen molar-refractivity contribution in [2.75, 3.05) is 0 Å². The predicted octanol–water partition coefficient (Wildman–Crippen LogP) is 17.8. The van der Waals surface area contributed by atoms with E-state index in [-0.39, 0.29) is 16.4 Å². The second-order valence-corrected chi connectivity index (χ2v) is 23.3. The van der Waals surface area contributed by atoms with Gasteiger partial charge in [-0.05, 0) is 65.3 Å². The molecular weight excluding hydrogens is 1080 g/mol. The fourth-order valence-electron chi connectivity index (χ4n) is 11.1. The molecule has 0 N–H and O–H groups in total. The smallest absolute Gasteiger partial charge is 0.0622 e. The third kappa shape index (κ3) is 8.59. The van der Waals surface area contributed by atoms with Crippen molar-refractivity contribution in [2.45, 2.75) is 85.4 Å². The molecule has 1 aliphatic rings. The van der Waals surface area contributed by atoms with Gasteiger partial charge in [0, 0.05) is 15.9 Å². The van der Waals surface area contributed by atoms with Crippen LogP contribution >= 0.6 is 0 Å². The van der Waals surface area contributed by atoms with Crippen molar-refractivity contribution < 1.29 is 28.2 Å². The van der Waals surface area contributed by atoms with Gasteiger partial charge in [-0.1, -0.05) is 52.0 Å². The molecule has 0 bridgehead atoms. The van der Waals surface area contributed by atoms with Crippen LogP contribution in [0, 0.1) is 16.6 Å². The molecule has 3 aromatic heterocycles. The molecule has 12 rings (SSSR count). The van der Waals surface area contributed by atoms with Crippen LogP contribution < -0.4 is 4.74 Å². The summed E-state index contributed by atoms with van der Waals surface area (Å²) < 4.78 is 41.3. The second-order valence-electron chi connectivity index (χ2n) is 22.3. The van der Waals surface area contributed by atoms with Crippen molar-refractivity contribution in [1.82, 2.24) is 18.7 Å². The van der Waals surface area contributed by atoms with Gasteiger partial charge < -0.3 is 0 Å². The molecule has 0 amide bonds. The van der Waals surface area contributed by atoms with Gasteiger partial charge in [-0.15, -0.1) is 0 Å². The number of ether oxygens (including phenoxy) is 1. The summed E-state index contributed by atoms with van der Waals surface area (Å²) in [6.45, 7) is 13.3. The summed E-state index contributed by atoms with van der Waals surface area (Å²) in [6.07, 6.45) is 4.90. The van der Waals surface area contributed by atoms with Crippen LogP contribution in [-0.4, -0.2) is 18.7 Å². The van der Waals surface area contributed by atoms with Crippen molar-refractivity contribution in [3.8, 4) is 62.1 Å². The normalized spacial score (nSPS) is 14.8. The van der Waals surface area contributed by atoms with Crippen molar-refractivity contribution in [3.05, 3.63) is 220 Å². The number of benzene rings is 8. The van der Waals surface area contributed by atoms with Gasteiger partial charge in [-0.3, -0.25) is 0 Å². The summed E-state index contributed by atoms with van der Waals surface area (Å²) in [6, 6.07) is 64.2. The minimum atomic E-state index is -2.39. The first-order valence-corrected chi connectivity index (χ1v) is 27.0. The zero-order valence-electron chi connectivity index (χ0n) is 46.1. The van der Waals surface area contributed by atoms with Crippen LogP contribution in [0.25, 0.3) is 83.4 Å². The molecule has 6 heteroatoms. The molecule has 3 heterocycles. The first-order valence-electron chi connectivity index (χ1n) is 27.4. The van der Waals surface area contributed by atoms with E-state index in [4.69, 9.17) is 13.8 Å². The Morgan fingerprint density at radius 1 is 0.541 bits per heavy atom. The van der Waals surface area contributed by atoms with Crippen molar-refractivity contribution in [1.29, 1.82) is 0 Å². The molecule has 0 saturated carbocycles. The van der Waals surface area contributed by atoms with E-state index in [0.29, 0.717) is 28.8 Å². The molecule has 1 aliphatic carbocycles. The van der Waals surface area contributed by atoms with Crippen LogP contribution in [0.4, 0.5) is 0 Å². The zero-order valence-corrected chi connectivity index (χ0v) is 45.4. The summed E-state index contributed by atoms with van der Waals surface area (Å²) in [5.74, 6) is 2.50. The van der Waals surface area contributed by atoms with Crippen molar-refractivity contribution in [2.24, 2.45) is 5.92 Å². The van der Waals surface area contributed by atoms with E-state index >= 15 is 0 Å². The molecule has 11 aromatic rings. The predicted molar refractivity (Wildman–Crippen MR) is 304 cm³/mol. The van der Waals surface area contributed by atoms with E-state index in [0.717, 1.165) is 95.1 Å². The van der Waals surface area contributed by atoms with Crippen LogP contribution in [0.1, 0.15) is 86.8 Å². The molecule has 0 fully saturated rings. The van der Waals surface area contributed by atoms with E-state index < -0.39 is 6.85 Å². The number of imidazole rings is 1. The summed E-state index contributed by atoms with van der Waals surface area (Å²) in [4.78, 5) is 5.11. The molecule has 370 valence electrons. The maximum atomic E-state index is 8.83. The number of hydrogen-bond donors (Lipinski definition) is 0. The van der Waals surface area contributed by atoms with Gasteiger partial charge in [0.1, 0.15) is 0 Å². The first-order chi connectivity index (χ1) is 36.9. The topological polar surface area (TPSA) is 36.9 Å². The molecule has 0 aliphatic heterocycles. The van der Waals surface area contributed by atoms with Crippen LogP contribution in [-0.2, 0) is 43.0 Å². The van der Waals surface area contributed by atoms with Gasteiger partial charge in [-0.25, -0.2) is 0 Å². The van der Waals surface area contributed by atoms with Crippen molar-refractivity contribution in [3.63, 3.8) is 0 Å². The Hall–Kier alpha value is -7.33. The standard InChI is InChI=1S/C68H62N4O.Pt/c1-44-26-27-49-37-63-59(36-50(49)34-44)56-33-32-55(41-64(56)72(63)65-35-45(2)60(42-69-65)48-28-30-51(31-29-48)67(3,4)5)73-54-23-17-22-53(40-54)70-43-71(62-25-16-15-24-61(62)70)66-57(46-18-11-9-12-19-46)38-52(68(6,7)8)39-58(66)47-20-13-10-14-21-47;/h9-25,28-33,35-42,44H,26-27,34H2,1-8H3;/i2D3;. The average Bonchev–Trinajstić information content (AvgIpc) is 4.14. The minimum absolute atomic E-state index is 0.0344. The van der Waals surface area contributed by atoms with E-state index in [9.17, 15) is 0 Å². The van der Waals surface area contributed by atoms with E-state index in [1.165, 1.54) is 22.3 Å². The third-order valence-electron chi connectivity index (χ3n) is 15.1. The van der Waals surface area contributed by atoms with Gasteiger partial charge in [0.05, 0.1) is 0 Å². The second kappa shape index (κ2) is 18.6. The third-order valence-corrected chi connectivity index (χ3v) is 16.1. The first kappa shape index (κ1) is 44.2. The van der Waals surface area contributed by atoms with E-state index in [1.807, 2.05) is 24.3 Å². The van der Waals surface area contributed by atoms with Gasteiger partial charge in [-0.2, -0.15) is 0 Å². The van der Waals surface area contributed by atoms with Crippen molar-refractivity contribution >= 4 is 32.8 Å². The molecule has 1 unspecified atom stereocenters. The molecule has 1 atom stereocenters. The number of aryl methyl sites for hydroxylation is 2. The van der Waals surface area contributed by atoms with E-state index in [2.05, 4.69) is 233 Å². The Morgan fingerprint density at radius 3 is 1.82 bits per heavy atom. The summed E-state index contributed by atoms with van der Waals surface area (Å²) >= 11 is 2.51. The van der Waals surface area contributed by atoms with Gasteiger partial charge >= 0.3 is 320 Å². The SMILES string of the molecule is [2H]C([2H])([2H])c1cc(-n2c3cc(Oc4cccc(-n5[c](=[Pt])n(-c6c(-c7ccccc7)cc(C(C)(C)C)cc6-c6ccccc6)c6ccccc65)c4)ccc3c3cc4c(cc32)CCC(C)C4)ncc1-c1ccc(C(C)(C)C)cc1.